The van der Waals surface area contributed by atoms with Crippen LogP contribution in [0.5, 0.6) is 23.0 Å². The highest BCUT2D eigenvalue weighted by Crippen LogP contribution is 2.35. The Kier molecular flexibility index (Phi) is 14.8. The second-order valence-electron chi connectivity index (χ2n) is 13.7. The Bertz CT molecular complexity index is 1480. The lowest BCUT2D eigenvalue weighted by Gasteiger charge is -2.32. The highest BCUT2D eigenvalue weighted by molar-refractivity contribution is 6.06. The molecule has 3 aromatic rings. The summed E-state index contributed by atoms with van der Waals surface area (Å²) in [5, 5.41) is 5.83. The molecule has 0 spiro atoms. The molecular formula is C40H57N5O5. The molecule has 4 rings (SSSR count). The monoisotopic (exact) mass is 687 g/mol. The maximum absolute atomic E-state index is 13.8. The van der Waals surface area contributed by atoms with E-state index in [2.05, 4.69) is 48.4 Å². The number of anilines is 2. The van der Waals surface area contributed by atoms with E-state index in [1.165, 1.54) is 6.42 Å². The lowest BCUT2D eigenvalue weighted by molar-refractivity contribution is 0.0978. The van der Waals surface area contributed by atoms with Gasteiger partial charge < -0.3 is 39.5 Å². The minimum absolute atomic E-state index is 0.0667. The van der Waals surface area contributed by atoms with Crippen LogP contribution in [0.4, 0.5) is 16.2 Å². The summed E-state index contributed by atoms with van der Waals surface area (Å²) < 4.78 is 18.0. The first-order chi connectivity index (χ1) is 24.1. The van der Waals surface area contributed by atoms with Crippen molar-refractivity contribution in [1.82, 2.24) is 15.1 Å². The summed E-state index contributed by atoms with van der Waals surface area (Å²) in [6.45, 7) is 13.2. The molecule has 1 aliphatic rings. The van der Waals surface area contributed by atoms with E-state index in [-0.39, 0.29) is 30.0 Å². The summed E-state index contributed by atoms with van der Waals surface area (Å²) in [5.41, 5.74) is 1.99. The van der Waals surface area contributed by atoms with Crippen LogP contribution in [0.25, 0.3) is 0 Å². The van der Waals surface area contributed by atoms with Crippen LogP contribution in [0, 0.1) is 5.92 Å². The molecule has 0 aromatic heterocycles. The van der Waals surface area contributed by atoms with Gasteiger partial charge in [0.15, 0.2) is 11.5 Å². The van der Waals surface area contributed by atoms with Crippen molar-refractivity contribution in [2.24, 2.45) is 5.92 Å². The van der Waals surface area contributed by atoms with E-state index in [0.717, 1.165) is 63.3 Å². The lowest BCUT2D eigenvalue weighted by Crippen LogP contribution is -2.39. The molecule has 1 heterocycles. The van der Waals surface area contributed by atoms with Gasteiger partial charge in [0.2, 0.25) is 0 Å². The van der Waals surface area contributed by atoms with Gasteiger partial charge in [0.05, 0.1) is 7.11 Å². The fourth-order valence-corrected chi connectivity index (χ4v) is 6.05. The van der Waals surface area contributed by atoms with Gasteiger partial charge in [-0.3, -0.25) is 4.79 Å². The van der Waals surface area contributed by atoms with Gasteiger partial charge in [-0.2, -0.15) is 0 Å². The summed E-state index contributed by atoms with van der Waals surface area (Å²) in [6.07, 6.45) is 5.13. The zero-order chi connectivity index (χ0) is 36.0. The fourth-order valence-electron chi connectivity index (χ4n) is 6.05. The number of carbonyl (C=O) groups excluding carboxylic acids is 2. The number of benzene rings is 3. The SMILES string of the molecule is CCC(CC)NC(=O)Nc1ccc(Oc2ccc(N(CC(C)C)C(=O)c3ccc(OC4CCN(CCCN(C)C)CC4)cc3)cc2)c(OC)c1. The summed E-state index contributed by atoms with van der Waals surface area (Å²) in [4.78, 5) is 32.8. The van der Waals surface area contributed by atoms with Crippen molar-refractivity contribution in [2.45, 2.75) is 71.9 Å². The number of nitrogens with zero attached hydrogens (tertiary/aromatic N) is 3. The van der Waals surface area contributed by atoms with Crippen LogP contribution in [0.3, 0.4) is 0 Å². The molecule has 3 aromatic carbocycles. The molecule has 272 valence electrons. The van der Waals surface area contributed by atoms with Crippen LogP contribution >= 0.6 is 0 Å². The lowest BCUT2D eigenvalue weighted by atomic mass is 10.1. The van der Waals surface area contributed by atoms with E-state index in [0.29, 0.717) is 35.0 Å². The number of ether oxygens (including phenoxy) is 3. The molecule has 0 saturated carbocycles. The number of hydrogen-bond donors (Lipinski definition) is 2. The zero-order valence-corrected chi connectivity index (χ0v) is 31.0. The van der Waals surface area contributed by atoms with E-state index < -0.39 is 0 Å². The topological polar surface area (TPSA) is 95.6 Å². The summed E-state index contributed by atoms with van der Waals surface area (Å²) in [5.74, 6) is 2.59. The molecule has 1 fully saturated rings. The largest absolute Gasteiger partial charge is 0.493 e. The third-order valence-electron chi connectivity index (χ3n) is 8.93. The molecular weight excluding hydrogens is 630 g/mol. The second kappa shape index (κ2) is 19.2. The van der Waals surface area contributed by atoms with Crippen LogP contribution in [0.15, 0.2) is 66.7 Å². The molecule has 1 saturated heterocycles. The molecule has 0 aliphatic carbocycles. The van der Waals surface area contributed by atoms with Gasteiger partial charge in [0, 0.05) is 48.7 Å². The Hall–Kier alpha value is -4.28. The number of urea groups is 1. The van der Waals surface area contributed by atoms with Crippen molar-refractivity contribution in [3.05, 3.63) is 72.3 Å². The van der Waals surface area contributed by atoms with Gasteiger partial charge in [0.25, 0.3) is 5.91 Å². The number of likely N-dealkylation sites (tertiary alicyclic amines) is 1. The number of methoxy groups -OCH3 is 1. The van der Waals surface area contributed by atoms with Gasteiger partial charge >= 0.3 is 6.03 Å². The van der Waals surface area contributed by atoms with Crippen molar-refractivity contribution in [3.63, 3.8) is 0 Å². The summed E-state index contributed by atoms with van der Waals surface area (Å²) in [6, 6.07) is 20.1. The van der Waals surface area contributed by atoms with Gasteiger partial charge in [-0.25, -0.2) is 4.79 Å². The Morgan fingerprint density at radius 1 is 0.900 bits per heavy atom. The molecule has 0 unspecified atom stereocenters. The van der Waals surface area contributed by atoms with E-state index in [1.807, 2.05) is 67.3 Å². The van der Waals surface area contributed by atoms with E-state index in [4.69, 9.17) is 14.2 Å². The Morgan fingerprint density at radius 3 is 2.16 bits per heavy atom. The van der Waals surface area contributed by atoms with Gasteiger partial charge in [-0.05, 0) is 126 Å². The number of piperidine rings is 1. The molecule has 1 aliphatic heterocycles. The Morgan fingerprint density at radius 2 is 1.56 bits per heavy atom. The fraction of sp³-hybridized carbons (Fsp3) is 0.500. The number of amides is 3. The molecule has 50 heavy (non-hydrogen) atoms. The van der Waals surface area contributed by atoms with E-state index in [9.17, 15) is 9.59 Å². The van der Waals surface area contributed by atoms with Crippen molar-refractivity contribution >= 4 is 23.3 Å². The molecule has 0 radical (unpaired) electrons. The highest BCUT2D eigenvalue weighted by atomic mass is 16.5. The number of hydrogen-bond acceptors (Lipinski definition) is 7. The minimum Gasteiger partial charge on any atom is -0.493 e. The number of rotatable bonds is 17. The van der Waals surface area contributed by atoms with Crippen molar-refractivity contribution < 1.29 is 23.8 Å². The van der Waals surface area contributed by atoms with Crippen molar-refractivity contribution in [3.8, 4) is 23.0 Å². The predicted octanol–water partition coefficient (Wildman–Crippen LogP) is 7.90. The van der Waals surface area contributed by atoms with Crippen LogP contribution in [0.2, 0.25) is 0 Å². The van der Waals surface area contributed by atoms with Crippen molar-refractivity contribution in [2.75, 3.05) is 64.1 Å². The molecule has 0 bridgehead atoms. The smallest absolute Gasteiger partial charge is 0.319 e. The first kappa shape index (κ1) is 38.5. The van der Waals surface area contributed by atoms with Gasteiger partial charge in [-0.15, -0.1) is 0 Å². The molecule has 2 N–H and O–H groups in total. The highest BCUT2D eigenvalue weighted by Gasteiger charge is 2.22. The third kappa shape index (κ3) is 11.7. The number of carbonyl (C=O) groups is 2. The molecule has 10 nitrogen and oxygen atoms in total. The van der Waals surface area contributed by atoms with Crippen molar-refractivity contribution in [1.29, 1.82) is 0 Å². The van der Waals surface area contributed by atoms with Crippen LogP contribution in [0.1, 0.15) is 70.2 Å². The standard InChI is InChI=1S/C40H57N5O5/c1-8-31(9-2)41-40(47)42-32-13-20-37(38(27-32)48-7)50-35-18-14-33(15-19-35)45(28-29(3)4)39(46)30-11-16-34(17-12-30)49-36-21-25-44(26-22-36)24-10-23-43(5)6/h11-20,27,29,31,36H,8-10,21-26,28H2,1-7H3,(H2,41,42,47). The maximum atomic E-state index is 13.8. The minimum atomic E-state index is -0.257. The second-order valence-corrected chi connectivity index (χ2v) is 13.7. The predicted molar refractivity (Wildman–Crippen MR) is 202 cm³/mol. The number of nitrogens with one attached hydrogen (secondary N) is 2. The quantitative estimate of drug-likeness (QED) is 0.149. The molecule has 10 heteroatoms. The van der Waals surface area contributed by atoms with Crippen LogP contribution < -0.4 is 29.7 Å². The maximum Gasteiger partial charge on any atom is 0.319 e. The van der Waals surface area contributed by atoms with Crippen LogP contribution in [-0.2, 0) is 0 Å². The average Bonchev–Trinajstić information content (AvgIpc) is 3.11. The Labute approximate surface area is 299 Å². The summed E-state index contributed by atoms with van der Waals surface area (Å²) >= 11 is 0. The van der Waals surface area contributed by atoms with Gasteiger partial charge in [0.1, 0.15) is 17.6 Å². The van der Waals surface area contributed by atoms with E-state index in [1.54, 1.807) is 25.3 Å². The zero-order valence-electron chi connectivity index (χ0n) is 31.0. The normalized spacial score (nSPS) is 13.8. The van der Waals surface area contributed by atoms with Crippen LogP contribution in [-0.4, -0.2) is 87.8 Å². The first-order valence-corrected chi connectivity index (χ1v) is 18.1. The summed E-state index contributed by atoms with van der Waals surface area (Å²) in [7, 11) is 5.80. The van der Waals surface area contributed by atoms with Gasteiger partial charge in [-0.1, -0.05) is 27.7 Å². The molecule has 0 atom stereocenters. The van der Waals surface area contributed by atoms with E-state index >= 15 is 0 Å². The third-order valence-corrected chi connectivity index (χ3v) is 8.93. The molecule has 3 amide bonds. The first-order valence-electron chi connectivity index (χ1n) is 18.1. The Balaban J connectivity index is 1.36. The average molecular weight is 688 g/mol.